The molecule has 0 radical (unpaired) electrons. The number of imidazole rings is 1. The molecule has 0 bridgehead atoms. The highest BCUT2D eigenvalue weighted by molar-refractivity contribution is 5.03. The van der Waals surface area contributed by atoms with Crippen molar-refractivity contribution in [3.05, 3.63) is 17.7 Å². The minimum absolute atomic E-state index is 0.175. The number of aliphatic hydroxyl groups excluding tert-OH is 1. The van der Waals surface area contributed by atoms with E-state index < -0.39 is 0 Å². The molecule has 0 aliphatic rings. The molecule has 1 aromatic heterocycles. The van der Waals surface area contributed by atoms with E-state index in [1.165, 1.54) is 0 Å². The zero-order valence-corrected chi connectivity index (χ0v) is 7.04. The van der Waals surface area contributed by atoms with Gasteiger partial charge in [0.1, 0.15) is 5.82 Å². The average molecular weight is 154 g/mol. The molecule has 11 heavy (non-hydrogen) atoms. The maximum Gasteiger partial charge on any atom is 0.111 e. The first-order valence-corrected chi connectivity index (χ1v) is 3.90. The van der Waals surface area contributed by atoms with Gasteiger partial charge in [-0.15, -0.1) is 0 Å². The van der Waals surface area contributed by atoms with Crippen molar-refractivity contribution in [3.8, 4) is 0 Å². The molecule has 0 aliphatic carbocycles. The van der Waals surface area contributed by atoms with E-state index in [-0.39, 0.29) is 6.61 Å². The third-order valence-corrected chi connectivity index (χ3v) is 1.72. The summed E-state index contributed by atoms with van der Waals surface area (Å²) >= 11 is 0. The van der Waals surface area contributed by atoms with Crippen LogP contribution in [-0.4, -0.2) is 21.3 Å². The highest BCUT2D eigenvalue weighted by atomic mass is 16.3. The minimum Gasteiger partial charge on any atom is -0.396 e. The molecule has 0 saturated carbocycles. The van der Waals surface area contributed by atoms with Crippen LogP contribution < -0.4 is 0 Å². The van der Waals surface area contributed by atoms with Crippen molar-refractivity contribution < 1.29 is 5.11 Å². The molecule has 0 spiro atoms. The van der Waals surface area contributed by atoms with Crippen LogP contribution in [0.2, 0.25) is 0 Å². The third-order valence-electron chi connectivity index (χ3n) is 1.72. The van der Waals surface area contributed by atoms with Gasteiger partial charge in [-0.25, -0.2) is 4.98 Å². The number of aromatic nitrogens is 2. The monoisotopic (exact) mass is 154 g/mol. The van der Waals surface area contributed by atoms with Crippen LogP contribution in [0.15, 0.2) is 6.20 Å². The molecular formula is C8H14N2O. The Labute approximate surface area is 66.7 Å². The van der Waals surface area contributed by atoms with Crippen LogP contribution in [0.25, 0.3) is 0 Å². The van der Waals surface area contributed by atoms with Crippen molar-refractivity contribution in [2.75, 3.05) is 6.61 Å². The van der Waals surface area contributed by atoms with Gasteiger partial charge in [-0.2, -0.15) is 0 Å². The summed E-state index contributed by atoms with van der Waals surface area (Å²) in [4.78, 5) is 4.32. The Morgan fingerprint density at radius 2 is 2.36 bits per heavy atom. The standard InChI is InChI=1S/C8H14N2O/c1-3-7-6-10(2)8(9-7)4-5-11/h6,11H,3-5H2,1-2H3. The van der Waals surface area contributed by atoms with Crippen LogP contribution in [0.3, 0.4) is 0 Å². The second-order valence-electron chi connectivity index (χ2n) is 2.59. The first-order valence-electron chi connectivity index (χ1n) is 3.90. The van der Waals surface area contributed by atoms with E-state index in [2.05, 4.69) is 11.9 Å². The van der Waals surface area contributed by atoms with Gasteiger partial charge < -0.3 is 9.67 Å². The van der Waals surface area contributed by atoms with Gasteiger partial charge in [-0.05, 0) is 6.42 Å². The molecule has 0 amide bonds. The Bertz CT molecular complexity index is 230. The lowest BCUT2D eigenvalue weighted by Crippen LogP contribution is -1.99. The molecule has 1 heterocycles. The Kier molecular flexibility index (Phi) is 2.65. The number of hydrogen-bond acceptors (Lipinski definition) is 2. The van der Waals surface area contributed by atoms with Crippen molar-refractivity contribution in [2.45, 2.75) is 19.8 Å². The Hall–Kier alpha value is -0.830. The summed E-state index contributed by atoms with van der Waals surface area (Å²) in [6.07, 6.45) is 3.61. The van der Waals surface area contributed by atoms with Gasteiger partial charge in [0.25, 0.3) is 0 Å². The van der Waals surface area contributed by atoms with Crippen LogP contribution in [0.4, 0.5) is 0 Å². The number of rotatable bonds is 3. The zero-order valence-electron chi connectivity index (χ0n) is 7.04. The Morgan fingerprint density at radius 3 is 2.82 bits per heavy atom. The fourth-order valence-corrected chi connectivity index (χ4v) is 1.07. The molecule has 1 aromatic rings. The van der Waals surface area contributed by atoms with Crippen molar-refractivity contribution in [1.82, 2.24) is 9.55 Å². The van der Waals surface area contributed by atoms with Gasteiger partial charge in [0.15, 0.2) is 0 Å². The van der Waals surface area contributed by atoms with E-state index in [0.29, 0.717) is 6.42 Å². The maximum absolute atomic E-state index is 8.67. The van der Waals surface area contributed by atoms with Crippen molar-refractivity contribution in [1.29, 1.82) is 0 Å². The molecular weight excluding hydrogens is 140 g/mol. The van der Waals surface area contributed by atoms with Crippen LogP contribution in [0.5, 0.6) is 0 Å². The number of aryl methyl sites for hydroxylation is 2. The molecule has 0 aromatic carbocycles. The summed E-state index contributed by atoms with van der Waals surface area (Å²) in [6.45, 7) is 2.25. The van der Waals surface area contributed by atoms with E-state index in [1.54, 1.807) is 0 Å². The first-order chi connectivity index (χ1) is 5.27. The zero-order chi connectivity index (χ0) is 8.27. The van der Waals surface area contributed by atoms with Gasteiger partial charge >= 0.3 is 0 Å². The van der Waals surface area contributed by atoms with Crippen molar-refractivity contribution in [3.63, 3.8) is 0 Å². The van der Waals surface area contributed by atoms with Crippen molar-refractivity contribution >= 4 is 0 Å². The lowest BCUT2D eigenvalue weighted by Gasteiger charge is -1.95. The smallest absolute Gasteiger partial charge is 0.111 e. The van der Waals surface area contributed by atoms with Gasteiger partial charge in [0.05, 0.1) is 12.3 Å². The number of hydrogen-bond donors (Lipinski definition) is 1. The minimum atomic E-state index is 0.175. The molecule has 0 unspecified atom stereocenters. The summed E-state index contributed by atoms with van der Waals surface area (Å²) in [7, 11) is 1.96. The summed E-state index contributed by atoms with van der Waals surface area (Å²) in [5.74, 6) is 0.962. The predicted octanol–water partition coefficient (Wildman–Crippen LogP) is 0.517. The van der Waals surface area contributed by atoms with Gasteiger partial charge in [0, 0.05) is 19.7 Å². The van der Waals surface area contributed by atoms with Gasteiger partial charge in [-0.1, -0.05) is 6.92 Å². The largest absolute Gasteiger partial charge is 0.396 e. The molecule has 0 atom stereocenters. The third kappa shape index (κ3) is 1.80. The van der Waals surface area contributed by atoms with E-state index in [4.69, 9.17) is 5.11 Å². The van der Waals surface area contributed by atoms with Crippen LogP contribution in [0, 0.1) is 0 Å². The highest BCUT2D eigenvalue weighted by Gasteiger charge is 2.01. The Morgan fingerprint density at radius 1 is 1.64 bits per heavy atom. The maximum atomic E-state index is 8.67. The summed E-state index contributed by atoms with van der Waals surface area (Å²) in [5, 5.41) is 8.67. The summed E-state index contributed by atoms with van der Waals surface area (Å²) < 4.78 is 1.97. The van der Waals surface area contributed by atoms with Gasteiger partial charge in [-0.3, -0.25) is 0 Å². The van der Waals surface area contributed by atoms with E-state index in [9.17, 15) is 0 Å². The molecule has 1 N–H and O–H groups in total. The predicted molar refractivity (Wildman–Crippen MR) is 43.4 cm³/mol. The second kappa shape index (κ2) is 3.53. The van der Waals surface area contributed by atoms with E-state index in [1.807, 2.05) is 17.8 Å². The number of nitrogens with zero attached hydrogens (tertiary/aromatic N) is 2. The first kappa shape index (κ1) is 8.27. The second-order valence-corrected chi connectivity index (χ2v) is 2.59. The molecule has 62 valence electrons. The molecule has 3 nitrogen and oxygen atoms in total. The van der Waals surface area contributed by atoms with Crippen LogP contribution >= 0.6 is 0 Å². The summed E-state index contributed by atoms with van der Waals surface area (Å²) in [6, 6.07) is 0. The lowest BCUT2D eigenvalue weighted by atomic mass is 10.4. The quantitative estimate of drug-likeness (QED) is 0.689. The highest BCUT2D eigenvalue weighted by Crippen LogP contribution is 2.01. The molecule has 0 saturated heterocycles. The van der Waals surface area contributed by atoms with E-state index >= 15 is 0 Å². The molecule has 0 fully saturated rings. The average Bonchev–Trinajstić information content (AvgIpc) is 2.33. The molecule has 1 rings (SSSR count). The fraction of sp³-hybridized carbons (Fsp3) is 0.625. The topological polar surface area (TPSA) is 38.0 Å². The van der Waals surface area contributed by atoms with Crippen molar-refractivity contribution in [2.24, 2.45) is 7.05 Å². The Balaban J connectivity index is 2.79. The normalized spacial score (nSPS) is 10.5. The molecule has 0 aliphatic heterocycles. The molecule has 3 heteroatoms. The van der Waals surface area contributed by atoms with Crippen LogP contribution in [-0.2, 0) is 19.9 Å². The number of aliphatic hydroxyl groups is 1. The van der Waals surface area contributed by atoms with E-state index in [0.717, 1.165) is 17.9 Å². The lowest BCUT2D eigenvalue weighted by molar-refractivity contribution is 0.295. The summed E-state index contributed by atoms with van der Waals surface area (Å²) in [5.41, 5.74) is 1.09. The SMILES string of the molecule is CCc1cn(C)c(CCO)n1. The fourth-order valence-electron chi connectivity index (χ4n) is 1.07. The van der Waals surface area contributed by atoms with Crippen LogP contribution in [0.1, 0.15) is 18.4 Å². The van der Waals surface area contributed by atoms with Gasteiger partial charge in [0.2, 0.25) is 0 Å².